The van der Waals surface area contributed by atoms with E-state index in [1.165, 1.54) is 5.56 Å². The van der Waals surface area contributed by atoms with Crippen molar-refractivity contribution < 1.29 is 0 Å². The molecule has 94 valence electrons. The van der Waals surface area contributed by atoms with E-state index in [-0.39, 0.29) is 0 Å². The minimum absolute atomic E-state index is 0.694. The van der Waals surface area contributed by atoms with Crippen LogP contribution in [0, 0.1) is 0 Å². The van der Waals surface area contributed by atoms with Crippen LogP contribution in [0.3, 0.4) is 0 Å². The van der Waals surface area contributed by atoms with Gasteiger partial charge in [0.05, 0.1) is 5.69 Å². The maximum atomic E-state index is 5.96. The summed E-state index contributed by atoms with van der Waals surface area (Å²) in [5, 5.41) is 0. The Labute approximate surface area is 116 Å². The van der Waals surface area contributed by atoms with E-state index in [9.17, 15) is 0 Å². The van der Waals surface area contributed by atoms with E-state index < -0.39 is 0 Å². The maximum Gasteiger partial charge on any atom is 0.151 e. The third kappa shape index (κ3) is 3.23. The van der Waals surface area contributed by atoms with Crippen LogP contribution in [0.4, 0.5) is 11.5 Å². The molecule has 0 aliphatic carbocycles. The minimum Gasteiger partial charge on any atom is -0.396 e. The molecule has 0 unspecified atom stereocenters. The monoisotopic (exact) mass is 305 g/mol. The van der Waals surface area contributed by atoms with Crippen LogP contribution < -0.4 is 10.6 Å². The number of hydrogen-bond donors (Lipinski definition) is 1. The third-order valence-corrected chi connectivity index (χ3v) is 3.24. The lowest BCUT2D eigenvalue weighted by atomic mass is 10.1. The summed E-state index contributed by atoms with van der Waals surface area (Å²) in [5.74, 6) is 0.828. The lowest BCUT2D eigenvalue weighted by molar-refractivity contribution is 0.861. The van der Waals surface area contributed by atoms with Gasteiger partial charge in [0, 0.05) is 24.3 Å². The van der Waals surface area contributed by atoms with Gasteiger partial charge in [-0.25, -0.2) is 4.98 Å². The van der Waals surface area contributed by atoms with Gasteiger partial charge in [0.15, 0.2) is 5.82 Å². The molecule has 1 heterocycles. The van der Waals surface area contributed by atoms with Crippen LogP contribution in [0.5, 0.6) is 0 Å². The fourth-order valence-corrected chi connectivity index (χ4v) is 2.16. The summed E-state index contributed by atoms with van der Waals surface area (Å²) in [6, 6.07) is 12.3. The Balaban J connectivity index is 2.01. The van der Waals surface area contributed by atoms with Gasteiger partial charge in [0.25, 0.3) is 0 Å². The molecule has 0 aliphatic rings. The summed E-state index contributed by atoms with van der Waals surface area (Å²) < 4.78 is 0.903. The van der Waals surface area contributed by atoms with E-state index in [1.807, 2.05) is 19.2 Å². The first kappa shape index (κ1) is 12.9. The summed E-state index contributed by atoms with van der Waals surface area (Å²) in [6.07, 6.45) is 2.75. The van der Waals surface area contributed by atoms with Crippen molar-refractivity contribution in [1.29, 1.82) is 0 Å². The summed E-state index contributed by atoms with van der Waals surface area (Å²) in [4.78, 5) is 6.42. The molecular weight excluding hydrogens is 290 g/mol. The van der Waals surface area contributed by atoms with Crippen molar-refractivity contribution in [3.63, 3.8) is 0 Å². The van der Waals surface area contributed by atoms with E-state index in [2.05, 4.69) is 50.1 Å². The second-order valence-electron chi connectivity index (χ2n) is 4.22. The van der Waals surface area contributed by atoms with Gasteiger partial charge in [-0.05, 0) is 34.0 Å². The number of pyridine rings is 1. The number of likely N-dealkylation sites (N-methyl/N-ethyl adjacent to an activating group) is 1. The largest absolute Gasteiger partial charge is 0.396 e. The molecule has 0 radical (unpaired) electrons. The zero-order valence-electron chi connectivity index (χ0n) is 10.3. The molecule has 0 spiro atoms. The molecule has 2 aromatic rings. The molecule has 1 aromatic heterocycles. The highest BCUT2D eigenvalue weighted by molar-refractivity contribution is 9.10. The van der Waals surface area contributed by atoms with Gasteiger partial charge < -0.3 is 10.6 Å². The number of benzene rings is 1. The summed E-state index contributed by atoms with van der Waals surface area (Å²) in [6.45, 7) is 0.892. The average molecular weight is 306 g/mol. The first-order chi connectivity index (χ1) is 8.66. The van der Waals surface area contributed by atoms with Crippen LogP contribution in [0.25, 0.3) is 0 Å². The molecular formula is C14H16BrN3. The third-order valence-electron chi connectivity index (χ3n) is 2.80. The summed E-state index contributed by atoms with van der Waals surface area (Å²) in [7, 11) is 2.01. The Morgan fingerprint density at radius 1 is 1.28 bits per heavy atom. The van der Waals surface area contributed by atoms with Crippen molar-refractivity contribution in [1.82, 2.24) is 4.98 Å². The molecule has 2 rings (SSSR count). The normalized spacial score (nSPS) is 10.3. The van der Waals surface area contributed by atoms with Crippen LogP contribution in [0.2, 0.25) is 0 Å². The molecule has 0 amide bonds. The standard InChI is InChI=1S/C14H16BrN3/c1-18(8-7-11-5-3-2-4-6-11)14-13(16)9-12(15)10-17-14/h2-6,9-10H,7-8,16H2,1H3. The van der Waals surface area contributed by atoms with Gasteiger partial charge in [-0.2, -0.15) is 0 Å². The van der Waals surface area contributed by atoms with Crippen LogP contribution in [0.1, 0.15) is 5.56 Å². The van der Waals surface area contributed by atoms with Crippen LogP contribution in [0.15, 0.2) is 47.1 Å². The number of nitrogens with zero attached hydrogens (tertiary/aromatic N) is 2. The van der Waals surface area contributed by atoms with Crippen molar-refractivity contribution >= 4 is 27.4 Å². The first-order valence-electron chi connectivity index (χ1n) is 5.83. The van der Waals surface area contributed by atoms with E-state index >= 15 is 0 Å². The predicted octanol–water partition coefficient (Wildman–Crippen LogP) is 3.11. The Bertz CT molecular complexity index is 514. The maximum absolute atomic E-state index is 5.96. The fourth-order valence-electron chi connectivity index (χ4n) is 1.81. The zero-order valence-corrected chi connectivity index (χ0v) is 11.9. The van der Waals surface area contributed by atoms with Crippen molar-refractivity contribution in [3.05, 3.63) is 52.6 Å². The number of anilines is 2. The molecule has 18 heavy (non-hydrogen) atoms. The predicted molar refractivity (Wildman–Crippen MR) is 79.8 cm³/mol. The number of halogens is 1. The van der Waals surface area contributed by atoms with Crippen LogP contribution in [-0.2, 0) is 6.42 Å². The van der Waals surface area contributed by atoms with E-state index in [1.54, 1.807) is 6.20 Å². The van der Waals surface area contributed by atoms with E-state index in [4.69, 9.17) is 5.73 Å². The van der Waals surface area contributed by atoms with Gasteiger partial charge in [0.2, 0.25) is 0 Å². The topological polar surface area (TPSA) is 42.2 Å². The van der Waals surface area contributed by atoms with Crippen molar-refractivity contribution in [3.8, 4) is 0 Å². The SMILES string of the molecule is CN(CCc1ccccc1)c1ncc(Br)cc1N. The lowest BCUT2D eigenvalue weighted by Gasteiger charge is -2.19. The lowest BCUT2D eigenvalue weighted by Crippen LogP contribution is -2.22. The molecule has 0 aliphatic heterocycles. The van der Waals surface area contributed by atoms with Crippen molar-refractivity contribution in [2.24, 2.45) is 0 Å². The van der Waals surface area contributed by atoms with E-state index in [0.717, 1.165) is 23.3 Å². The molecule has 4 heteroatoms. The molecule has 1 aromatic carbocycles. The van der Waals surface area contributed by atoms with Crippen molar-refractivity contribution in [2.75, 3.05) is 24.2 Å². The molecule has 3 nitrogen and oxygen atoms in total. The molecule has 2 N–H and O–H groups in total. The molecule has 0 atom stereocenters. The highest BCUT2D eigenvalue weighted by Gasteiger charge is 2.07. The van der Waals surface area contributed by atoms with Gasteiger partial charge in [-0.3, -0.25) is 0 Å². The van der Waals surface area contributed by atoms with E-state index in [0.29, 0.717) is 5.69 Å². The second kappa shape index (κ2) is 5.87. The van der Waals surface area contributed by atoms with Crippen LogP contribution in [-0.4, -0.2) is 18.6 Å². The average Bonchev–Trinajstić information content (AvgIpc) is 2.37. The minimum atomic E-state index is 0.694. The number of rotatable bonds is 4. The van der Waals surface area contributed by atoms with Crippen molar-refractivity contribution in [2.45, 2.75) is 6.42 Å². The number of nitrogens with two attached hydrogens (primary N) is 1. The Kier molecular flexibility index (Phi) is 4.20. The Hall–Kier alpha value is -1.55. The number of aromatic nitrogens is 1. The Morgan fingerprint density at radius 3 is 2.67 bits per heavy atom. The molecule has 0 saturated carbocycles. The van der Waals surface area contributed by atoms with Gasteiger partial charge in [-0.15, -0.1) is 0 Å². The Morgan fingerprint density at radius 2 is 2.00 bits per heavy atom. The van der Waals surface area contributed by atoms with Crippen LogP contribution >= 0.6 is 15.9 Å². The molecule has 0 saturated heterocycles. The summed E-state index contributed by atoms with van der Waals surface area (Å²) >= 11 is 3.36. The number of nitrogen functional groups attached to an aromatic ring is 1. The fraction of sp³-hybridized carbons (Fsp3) is 0.214. The van der Waals surface area contributed by atoms with Gasteiger partial charge in [-0.1, -0.05) is 30.3 Å². The second-order valence-corrected chi connectivity index (χ2v) is 5.14. The van der Waals surface area contributed by atoms with Gasteiger partial charge in [0.1, 0.15) is 0 Å². The van der Waals surface area contributed by atoms with Gasteiger partial charge >= 0.3 is 0 Å². The number of hydrogen-bond acceptors (Lipinski definition) is 3. The highest BCUT2D eigenvalue weighted by Crippen LogP contribution is 2.22. The summed E-state index contributed by atoms with van der Waals surface area (Å²) in [5.41, 5.74) is 7.97. The quantitative estimate of drug-likeness (QED) is 0.944. The molecule has 0 bridgehead atoms. The zero-order chi connectivity index (χ0) is 13.0. The highest BCUT2D eigenvalue weighted by atomic mass is 79.9. The molecule has 0 fully saturated rings. The smallest absolute Gasteiger partial charge is 0.151 e. The first-order valence-corrected chi connectivity index (χ1v) is 6.62.